The van der Waals surface area contributed by atoms with Gasteiger partial charge >= 0.3 is 0 Å². The Hall–Kier alpha value is -17.0. The minimum atomic E-state index is 0.638. The summed E-state index contributed by atoms with van der Waals surface area (Å²) in [6.45, 7) is 0. The summed E-state index contributed by atoms with van der Waals surface area (Å²) in [6.07, 6.45) is 1.85. The average Bonchev–Trinajstić information content (AvgIpc) is 1.59. The van der Waals surface area contributed by atoms with Crippen molar-refractivity contribution in [2.75, 3.05) is 0 Å². The molecule has 26 rings (SSSR count). The van der Waals surface area contributed by atoms with Crippen molar-refractivity contribution < 1.29 is 8.83 Å². The SMILES string of the molecule is c1ccc(-c2ccc3c(c2)c2ccccc2n3-c2ccc(-c3cnc4ccccc4n3)cc2)cc1.c1ccc(-c2nc(-c3cc(-n4c5ccccc5c5ccccc54)cc4c3oc3ccccc34)nc3ccccc23)cc1.c1ccc(-n2c3ccccc3c3c(-c4cccc(-c5nc(-c6ccc7c(c6)oc6ccccc67)c6ccccc6n5)c4)cccc32)cc1. The van der Waals surface area contributed by atoms with Gasteiger partial charge in [-0.3, -0.25) is 4.98 Å². The molecule has 8 aromatic heterocycles. The second kappa shape index (κ2) is 30.0. The van der Waals surface area contributed by atoms with Gasteiger partial charge in [-0.15, -0.1) is 0 Å². The van der Waals surface area contributed by atoms with Gasteiger partial charge in [0.2, 0.25) is 0 Å². The molecule has 0 saturated heterocycles. The standard InChI is InChI=1S/C44H27N3O.C38H23N3O.C32H21N3/c1-2-14-31(15-3-1)47-38-21-8-5-18-36(38)42-32(19-11-22-39(42)47)28-12-10-13-30(26-28)44-45-37-20-7-4-17-35(37)43(46-44)29-24-25-34-33-16-6-9-23-40(33)48-41(34)27-29;1-2-12-24(13-3-1)36-29-17-4-8-18-32(29)39-38(40-36)31-23-25(22-30-28-16-7-11-21-35(28)42-37(30)31)41-33-19-9-5-14-26(33)27-15-6-10-20-34(27)41;1-2-8-22(9-3-1)24-16-19-32-27(20-24)26-10-4-7-13-31(26)35(32)25-17-14-23(15-18-25)30-21-33-28-11-5-6-12-29(28)34-30/h1-27H;1-23H;1-21H. The zero-order chi connectivity index (χ0) is 82.4. The highest BCUT2D eigenvalue weighted by Gasteiger charge is 2.24. The van der Waals surface area contributed by atoms with Gasteiger partial charge in [-0.2, -0.15) is 0 Å². The smallest absolute Gasteiger partial charge is 0.164 e. The molecule has 0 aliphatic carbocycles. The van der Waals surface area contributed by atoms with Crippen LogP contribution < -0.4 is 0 Å². The molecule has 0 fully saturated rings. The van der Waals surface area contributed by atoms with E-state index in [1.165, 1.54) is 71.1 Å². The van der Waals surface area contributed by atoms with Crippen LogP contribution in [0.1, 0.15) is 0 Å². The first kappa shape index (κ1) is 72.0. The lowest BCUT2D eigenvalue weighted by Crippen LogP contribution is -1.98. The summed E-state index contributed by atoms with van der Waals surface area (Å²) in [5.41, 5.74) is 29.7. The highest BCUT2D eigenvalue weighted by atomic mass is 16.3. The summed E-state index contributed by atoms with van der Waals surface area (Å²) >= 11 is 0. The third-order valence-corrected chi connectivity index (χ3v) is 24.2. The molecule has 8 heterocycles. The molecule has 0 atom stereocenters. The van der Waals surface area contributed by atoms with E-state index in [2.05, 4.69) is 346 Å². The molecule has 0 N–H and O–H groups in total. The van der Waals surface area contributed by atoms with Crippen LogP contribution >= 0.6 is 0 Å². The molecule has 0 amide bonds. The van der Waals surface area contributed by atoms with Crippen molar-refractivity contribution in [2.45, 2.75) is 0 Å². The molecule has 125 heavy (non-hydrogen) atoms. The molecule has 0 saturated carbocycles. The summed E-state index contributed by atoms with van der Waals surface area (Å²) in [6, 6.07) is 148. The molecule has 0 radical (unpaired) electrons. The van der Waals surface area contributed by atoms with Crippen LogP contribution in [0.3, 0.4) is 0 Å². The number of hydrogen-bond acceptors (Lipinski definition) is 8. The molecular formula is C114H71N9O2. The Morgan fingerprint density at radius 2 is 0.656 bits per heavy atom. The van der Waals surface area contributed by atoms with Crippen molar-refractivity contribution in [1.29, 1.82) is 0 Å². The maximum Gasteiger partial charge on any atom is 0.164 e. The Bertz CT molecular complexity index is 8690. The van der Waals surface area contributed by atoms with Crippen molar-refractivity contribution in [2.24, 2.45) is 0 Å². The number of fused-ring (bicyclic) bond motifs is 18. The topological polar surface area (TPSA) is 118 Å². The maximum absolute atomic E-state index is 6.55. The Labute approximate surface area is 716 Å². The second-order valence-electron chi connectivity index (χ2n) is 31.5. The Balaban J connectivity index is 0.000000106. The highest BCUT2D eigenvalue weighted by Crippen LogP contribution is 2.45. The number of furan rings is 2. The van der Waals surface area contributed by atoms with Crippen LogP contribution in [-0.4, -0.2) is 43.6 Å². The number of rotatable bonds is 10. The Morgan fingerprint density at radius 3 is 1.34 bits per heavy atom. The van der Waals surface area contributed by atoms with Gasteiger partial charge in [-0.05, 0) is 156 Å². The first-order valence-corrected chi connectivity index (χ1v) is 42.0. The fourth-order valence-electron chi connectivity index (χ4n) is 18.5. The van der Waals surface area contributed by atoms with Crippen molar-refractivity contribution >= 4 is 142 Å². The molecule has 11 nitrogen and oxygen atoms in total. The number of para-hydroxylation sites is 11. The quantitative estimate of drug-likeness (QED) is 0.133. The third kappa shape index (κ3) is 12.5. The lowest BCUT2D eigenvalue weighted by molar-refractivity contribution is 0.669. The minimum absolute atomic E-state index is 0.638. The zero-order valence-electron chi connectivity index (χ0n) is 67.3. The Kier molecular flexibility index (Phi) is 17.3. The molecule has 0 aliphatic heterocycles. The lowest BCUT2D eigenvalue weighted by atomic mass is 9.97. The molecule has 18 aromatic carbocycles. The predicted octanol–water partition coefficient (Wildman–Crippen LogP) is 29.6. The minimum Gasteiger partial charge on any atom is -0.456 e. The molecule has 26 aromatic rings. The summed E-state index contributed by atoms with van der Waals surface area (Å²) in [7, 11) is 0. The van der Waals surface area contributed by atoms with Crippen LogP contribution in [0.2, 0.25) is 0 Å². The van der Waals surface area contributed by atoms with E-state index in [0.717, 1.165) is 155 Å². The van der Waals surface area contributed by atoms with Crippen molar-refractivity contribution in [3.63, 3.8) is 0 Å². The van der Waals surface area contributed by atoms with Crippen LogP contribution in [0, 0.1) is 0 Å². The number of aromatic nitrogens is 9. The van der Waals surface area contributed by atoms with Crippen molar-refractivity contribution in [1.82, 2.24) is 43.6 Å². The summed E-state index contributed by atoms with van der Waals surface area (Å²) < 4.78 is 19.9. The zero-order valence-corrected chi connectivity index (χ0v) is 67.3. The third-order valence-electron chi connectivity index (χ3n) is 24.2. The average molecular weight is 1600 g/mol. The Morgan fingerprint density at radius 1 is 0.200 bits per heavy atom. The fraction of sp³-hybridized carbons (Fsp3) is 0. The van der Waals surface area contributed by atoms with E-state index in [4.69, 9.17) is 33.8 Å². The highest BCUT2D eigenvalue weighted by molar-refractivity contribution is 6.18. The van der Waals surface area contributed by atoms with E-state index in [1.807, 2.05) is 103 Å². The van der Waals surface area contributed by atoms with Crippen LogP contribution in [-0.2, 0) is 0 Å². The van der Waals surface area contributed by atoms with E-state index < -0.39 is 0 Å². The number of nitrogens with zero attached hydrogens (tertiary/aromatic N) is 9. The van der Waals surface area contributed by atoms with E-state index in [-0.39, 0.29) is 0 Å². The molecular weight excluding hydrogens is 1530 g/mol. The van der Waals surface area contributed by atoms with E-state index in [1.54, 1.807) is 0 Å². The van der Waals surface area contributed by atoms with E-state index in [0.29, 0.717) is 11.6 Å². The van der Waals surface area contributed by atoms with Gasteiger partial charge in [0.25, 0.3) is 0 Å². The summed E-state index contributed by atoms with van der Waals surface area (Å²) in [5, 5.41) is 13.8. The maximum atomic E-state index is 6.55. The molecule has 0 spiro atoms. The predicted molar refractivity (Wildman–Crippen MR) is 514 cm³/mol. The number of hydrogen-bond donors (Lipinski definition) is 0. The van der Waals surface area contributed by atoms with Crippen molar-refractivity contribution in [3.8, 4) is 95.9 Å². The molecule has 0 unspecified atom stereocenters. The van der Waals surface area contributed by atoms with Gasteiger partial charge in [0, 0.05) is 104 Å². The normalized spacial score (nSPS) is 11.7. The van der Waals surface area contributed by atoms with Gasteiger partial charge in [0.15, 0.2) is 11.6 Å². The van der Waals surface area contributed by atoms with E-state index in [9.17, 15) is 0 Å². The van der Waals surface area contributed by atoms with E-state index >= 15 is 0 Å². The number of benzene rings is 18. The molecule has 0 bridgehead atoms. The van der Waals surface area contributed by atoms with Gasteiger partial charge in [-0.25, -0.2) is 24.9 Å². The first-order valence-electron chi connectivity index (χ1n) is 42.0. The second-order valence-corrected chi connectivity index (χ2v) is 31.5. The first-order chi connectivity index (χ1) is 62.0. The summed E-state index contributed by atoms with van der Waals surface area (Å²) in [4.78, 5) is 30.0. The van der Waals surface area contributed by atoms with Gasteiger partial charge in [-0.1, -0.05) is 291 Å². The van der Waals surface area contributed by atoms with Gasteiger partial charge in [0.1, 0.15) is 22.3 Å². The fourth-order valence-corrected chi connectivity index (χ4v) is 18.5. The molecule has 11 heteroatoms. The van der Waals surface area contributed by atoms with Crippen LogP contribution in [0.5, 0.6) is 0 Å². The van der Waals surface area contributed by atoms with Crippen LogP contribution in [0.15, 0.2) is 440 Å². The summed E-state index contributed by atoms with van der Waals surface area (Å²) in [5.74, 6) is 1.33. The largest absolute Gasteiger partial charge is 0.456 e. The molecule has 584 valence electrons. The monoisotopic (exact) mass is 1600 g/mol. The molecule has 0 aliphatic rings. The van der Waals surface area contributed by atoms with Gasteiger partial charge < -0.3 is 22.5 Å². The van der Waals surface area contributed by atoms with Crippen LogP contribution in [0.25, 0.3) is 238 Å². The van der Waals surface area contributed by atoms with Crippen LogP contribution in [0.4, 0.5) is 0 Å². The lowest BCUT2D eigenvalue weighted by Gasteiger charge is -2.13. The van der Waals surface area contributed by atoms with Gasteiger partial charge in [0.05, 0.1) is 84.0 Å². The van der Waals surface area contributed by atoms with Crippen molar-refractivity contribution in [3.05, 3.63) is 431 Å².